The van der Waals surface area contributed by atoms with Crippen molar-refractivity contribution in [1.82, 2.24) is 4.90 Å². The summed E-state index contributed by atoms with van der Waals surface area (Å²) in [6.45, 7) is 13.1. The van der Waals surface area contributed by atoms with E-state index in [2.05, 4.69) is 51.7 Å². The van der Waals surface area contributed by atoms with Gasteiger partial charge < -0.3 is 5.73 Å². The monoisotopic (exact) mass is 268 g/mol. The predicted molar refractivity (Wildman–Crippen MR) is 82.2 cm³/mol. The van der Waals surface area contributed by atoms with Gasteiger partial charge in [0.2, 0.25) is 0 Å². The fourth-order valence-electron chi connectivity index (χ4n) is 2.30. The minimum absolute atomic E-state index is 0.373. The van der Waals surface area contributed by atoms with Crippen molar-refractivity contribution in [3.63, 3.8) is 0 Å². The van der Waals surface area contributed by atoms with E-state index in [-0.39, 0.29) is 0 Å². The van der Waals surface area contributed by atoms with Gasteiger partial charge in [-0.1, -0.05) is 20.8 Å². The molecule has 2 nitrogen and oxygen atoms in total. The molecule has 0 aliphatic heterocycles. The number of hydrogen-bond acceptors (Lipinski definition) is 3. The number of hydrogen-bond donors (Lipinski definition) is 1. The fourth-order valence-corrected chi connectivity index (χ4v) is 3.39. The van der Waals surface area contributed by atoms with Crippen LogP contribution in [-0.2, 0) is 6.42 Å². The van der Waals surface area contributed by atoms with Gasteiger partial charge in [0.1, 0.15) is 0 Å². The van der Waals surface area contributed by atoms with Crippen LogP contribution in [0.4, 0.5) is 0 Å². The second kappa shape index (κ2) is 7.27. The van der Waals surface area contributed by atoms with Crippen LogP contribution in [0, 0.1) is 5.92 Å². The summed E-state index contributed by atoms with van der Waals surface area (Å²) in [7, 11) is 0. The van der Waals surface area contributed by atoms with Gasteiger partial charge in [0.15, 0.2) is 0 Å². The highest BCUT2D eigenvalue weighted by atomic mass is 32.1. The molecule has 0 saturated carbocycles. The van der Waals surface area contributed by atoms with Gasteiger partial charge in [0.25, 0.3) is 0 Å². The van der Waals surface area contributed by atoms with Gasteiger partial charge in [-0.25, -0.2) is 0 Å². The summed E-state index contributed by atoms with van der Waals surface area (Å²) in [5, 5.41) is 0. The molecule has 0 aromatic carbocycles. The molecule has 1 aromatic rings. The summed E-state index contributed by atoms with van der Waals surface area (Å²) in [6, 6.07) is 5.42. The molecule has 0 spiro atoms. The van der Waals surface area contributed by atoms with E-state index in [9.17, 15) is 0 Å². The Morgan fingerprint density at radius 3 is 2.28 bits per heavy atom. The van der Waals surface area contributed by atoms with Crippen molar-refractivity contribution in [2.24, 2.45) is 11.7 Å². The summed E-state index contributed by atoms with van der Waals surface area (Å²) in [6.07, 6.45) is 1.12. The largest absolute Gasteiger partial charge is 0.329 e. The Kier molecular flexibility index (Phi) is 6.33. The Morgan fingerprint density at radius 2 is 1.89 bits per heavy atom. The minimum Gasteiger partial charge on any atom is -0.329 e. The van der Waals surface area contributed by atoms with Gasteiger partial charge in [0.05, 0.1) is 6.04 Å². The summed E-state index contributed by atoms with van der Waals surface area (Å²) >= 11 is 1.92. The van der Waals surface area contributed by atoms with Crippen LogP contribution in [-0.4, -0.2) is 24.0 Å². The van der Waals surface area contributed by atoms with Crippen LogP contribution in [0.1, 0.15) is 50.4 Å². The van der Waals surface area contributed by atoms with Gasteiger partial charge in [-0.15, -0.1) is 11.3 Å². The fraction of sp³-hybridized carbons (Fsp3) is 0.733. The van der Waals surface area contributed by atoms with Gasteiger partial charge >= 0.3 is 0 Å². The van der Waals surface area contributed by atoms with E-state index in [1.807, 2.05) is 11.3 Å². The van der Waals surface area contributed by atoms with Crippen molar-refractivity contribution < 1.29 is 0 Å². The lowest BCUT2D eigenvalue weighted by Crippen LogP contribution is -2.40. The summed E-state index contributed by atoms with van der Waals surface area (Å²) in [5.74, 6) is 0.673. The molecule has 0 aliphatic carbocycles. The second-order valence-corrected chi connectivity index (χ2v) is 6.79. The third-order valence-corrected chi connectivity index (χ3v) is 4.55. The lowest BCUT2D eigenvalue weighted by molar-refractivity contribution is 0.140. The minimum atomic E-state index is 0.373. The van der Waals surface area contributed by atoms with Crippen LogP contribution in [0.3, 0.4) is 0 Å². The maximum absolute atomic E-state index is 6.03. The van der Waals surface area contributed by atoms with Gasteiger partial charge in [-0.2, -0.15) is 0 Å². The number of rotatable bonds is 7. The zero-order valence-electron chi connectivity index (χ0n) is 12.4. The molecule has 2 N–H and O–H groups in total. The molecular weight excluding hydrogens is 240 g/mol. The van der Waals surface area contributed by atoms with E-state index in [1.165, 1.54) is 9.75 Å². The topological polar surface area (TPSA) is 29.3 Å². The van der Waals surface area contributed by atoms with Crippen LogP contribution in [0.15, 0.2) is 12.1 Å². The molecule has 1 heterocycles. The highest BCUT2D eigenvalue weighted by Gasteiger charge is 2.23. The number of aryl methyl sites for hydroxylation is 1. The average Bonchev–Trinajstić information content (AvgIpc) is 2.76. The molecule has 0 fully saturated rings. The first-order valence-electron chi connectivity index (χ1n) is 7.04. The third kappa shape index (κ3) is 4.08. The molecule has 1 atom stereocenters. The first kappa shape index (κ1) is 15.7. The van der Waals surface area contributed by atoms with E-state index in [0.29, 0.717) is 24.5 Å². The van der Waals surface area contributed by atoms with Gasteiger partial charge in [-0.3, -0.25) is 4.90 Å². The molecule has 1 rings (SSSR count). The Bertz CT molecular complexity index is 344. The zero-order chi connectivity index (χ0) is 13.7. The molecule has 0 saturated heterocycles. The quantitative estimate of drug-likeness (QED) is 0.817. The standard InChI is InChI=1S/C15H28N2S/c1-6-13-7-8-15(18-13)14(9-16)17(12(4)5)10-11(2)3/h7-8,11-12,14H,6,9-10,16H2,1-5H3. The van der Waals surface area contributed by atoms with Crippen molar-refractivity contribution in [2.45, 2.75) is 53.1 Å². The number of nitrogens with two attached hydrogens (primary N) is 1. The Morgan fingerprint density at radius 1 is 1.22 bits per heavy atom. The first-order chi connectivity index (χ1) is 8.49. The summed E-state index contributed by atoms with van der Waals surface area (Å²) in [4.78, 5) is 5.41. The molecule has 18 heavy (non-hydrogen) atoms. The van der Waals surface area contributed by atoms with E-state index >= 15 is 0 Å². The van der Waals surface area contributed by atoms with Crippen molar-refractivity contribution in [1.29, 1.82) is 0 Å². The van der Waals surface area contributed by atoms with Crippen molar-refractivity contribution >= 4 is 11.3 Å². The molecular formula is C15H28N2S. The first-order valence-corrected chi connectivity index (χ1v) is 7.85. The number of thiophene rings is 1. The molecule has 104 valence electrons. The van der Waals surface area contributed by atoms with Gasteiger partial charge in [0, 0.05) is 28.9 Å². The van der Waals surface area contributed by atoms with E-state index < -0.39 is 0 Å². The molecule has 3 heteroatoms. The van der Waals surface area contributed by atoms with Crippen LogP contribution < -0.4 is 5.73 Å². The van der Waals surface area contributed by atoms with Crippen molar-refractivity contribution in [3.05, 3.63) is 21.9 Å². The van der Waals surface area contributed by atoms with Crippen LogP contribution in [0.25, 0.3) is 0 Å². The molecule has 0 bridgehead atoms. The Balaban J connectivity index is 2.90. The lowest BCUT2D eigenvalue weighted by Gasteiger charge is -2.35. The Labute approximate surface area is 116 Å². The maximum atomic E-state index is 6.03. The average molecular weight is 268 g/mol. The highest BCUT2D eigenvalue weighted by Crippen LogP contribution is 2.29. The molecule has 1 aromatic heterocycles. The zero-order valence-corrected chi connectivity index (χ0v) is 13.3. The lowest BCUT2D eigenvalue weighted by atomic mass is 10.1. The van der Waals surface area contributed by atoms with Gasteiger partial charge in [-0.05, 0) is 38.3 Å². The van der Waals surface area contributed by atoms with Crippen molar-refractivity contribution in [3.8, 4) is 0 Å². The van der Waals surface area contributed by atoms with Crippen LogP contribution in [0.2, 0.25) is 0 Å². The van der Waals surface area contributed by atoms with E-state index in [4.69, 9.17) is 5.73 Å². The summed E-state index contributed by atoms with van der Waals surface area (Å²) in [5.41, 5.74) is 6.03. The third-order valence-electron chi connectivity index (χ3n) is 3.22. The Hall–Kier alpha value is -0.380. The van der Waals surface area contributed by atoms with Crippen molar-refractivity contribution in [2.75, 3.05) is 13.1 Å². The highest BCUT2D eigenvalue weighted by molar-refractivity contribution is 7.12. The van der Waals surface area contributed by atoms with Crippen LogP contribution >= 0.6 is 11.3 Å². The molecule has 0 amide bonds. The van der Waals surface area contributed by atoms with E-state index in [1.54, 1.807) is 0 Å². The molecule has 0 radical (unpaired) electrons. The second-order valence-electron chi connectivity index (χ2n) is 5.59. The SMILES string of the molecule is CCc1ccc(C(CN)N(CC(C)C)C(C)C)s1. The molecule has 0 aliphatic rings. The van der Waals surface area contributed by atoms with E-state index in [0.717, 1.165) is 13.0 Å². The predicted octanol–water partition coefficient (Wildman–Crippen LogP) is 3.68. The maximum Gasteiger partial charge on any atom is 0.0566 e. The smallest absolute Gasteiger partial charge is 0.0566 e. The summed E-state index contributed by atoms with van der Waals surface area (Å²) < 4.78 is 0. The normalized spacial score (nSPS) is 13.8. The van der Waals surface area contributed by atoms with Crippen LogP contribution in [0.5, 0.6) is 0 Å². The molecule has 1 unspecified atom stereocenters. The number of nitrogens with zero attached hydrogens (tertiary/aromatic N) is 1.